The first kappa shape index (κ1) is 22.1. The molecule has 5 nitrogen and oxygen atoms in total. The second-order valence-corrected chi connectivity index (χ2v) is 7.40. The SMILES string of the molecule is CCNC(=NCC(O)c1cc2ccccc2s1)NCCC1=CCOCC1.I. The van der Waals surface area contributed by atoms with Gasteiger partial charge in [0, 0.05) is 22.7 Å². The Kier molecular flexibility index (Phi) is 9.53. The highest BCUT2D eigenvalue weighted by atomic mass is 127. The van der Waals surface area contributed by atoms with E-state index in [-0.39, 0.29) is 24.0 Å². The molecule has 1 unspecified atom stereocenters. The number of thiophene rings is 1. The van der Waals surface area contributed by atoms with E-state index >= 15 is 0 Å². The Bertz CT molecular complexity index is 742. The van der Waals surface area contributed by atoms with Gasteiger partial charge in [-0.1, -0.05) is 29.8 Å². The van der Waals surface area contributed by atoms with Gasteiger partial charge < -0.3 is 20.5 Å². The van der Waals surface area contributed by atoms with Crippen LogP contribution in [-0.2, 0) is 4.74 Å². The van der Waals surface area contributed by atoms with Crippen LogP contribution in [0.5, 0.6) is 0 Å². The lowest BCUT2D eigenvalue weighted by Gasteiger charge is -2.16. The number of ether oxygens (including phenoxy) is 1. The van der Waals surface area contributed by atoms with Crippen molar-refractivity contribution in [2.75, 3.05) is 32.8 Å². The first-order chi connectivity index (χ1) is 12.8. The van der Waals surface area contributed by atoms with Gasteiger partial charge in [0.2, 0.25) is 0 Å². The fraction of sp³-hybridized carbons (Fsp3) is 0.450. The minimum atomic E-state index is -0.582. The molecule has 0 bridgehead atoms. The largest absolute Gasteiger partial charge is 0.386 e. The predicted octanol–water partition coefficient (Wildman–Crippen LogP) is 3.84. The highest BCUT2D eigenvalue weighted by Gasteiger charge is 2.11. The molecule has 148 valence electrons. The van der Waals surface area contributed by atoms with E-state index in [0.29, 0.717) is 6.54 Å². The molecule has 0 fully saturated rings. The van der Waals surface area contributed by atoms with E-state index in [2.05, 4.69) is 39.9 Å². The third-order valence-corrected chi connectivity index (χ3v) is 5.55. The summed E-state index contributed by atoms with van der Waals surface area (Å²) in [6, 6.07) is 10.2. The molecule has 0 spiro atoms. The monoisotopic (exact) mass is 501 g/mol. The number of aliphatic hydroxyl groups excluding tert-OH is 1. The summed E-state index contributed by atoms with van der Waals surface area (Å²) < 4.78 is 6.53. The molecule has 1 atom stereocenters. The molecule has 3 N–H and O–H groups in total. The number of rotatable bonds is 7. The van der Waals surface area contributed by atoms with Gasteiger partial charge in [-0.15, -0.1) is 35.3 Å². The maximum Gasteiger partial charge on any atom is 0.191 e. The lowest BCUT2D eigenvalue weighted by Crippen LogP contribution is -2.38. The number of aliphatic hydroxyl groups is 1. The molecule has 0 saturated heterocycles. The number of guanidine groups is 1. The molecular weight excluding hydrogens is 473 g/mol. The normalized spacial score (nSPS) is 15.8. The molecule has 27 heavy (non-hydrogen) atoms. The minimum Gasteiger partial charge on any atom is -0.386 e. The van der Waals surface area contributed by atoms with Gasteiger partial charge in [0.25, 0.3) is 0 Å². The van der Waals surface area contributed by atoms with E-state index in [9.17, 15) is 5.11 Å². The van der Waals surface area contributed by atoms with Crippen LogP contribution in [0.1, 0.15) is 30.7 Å². The molecule has 2 aromatic rings. The van der Waals surface area contributed by atoms with Crippen LogP contribution in [0.2, 0.25) is 0 Å². The van der Waals surface area contributed by atoms with Gasteiger partial charge in [0.15, 0.2) is 5.96 Å². The Balaban J connectivity index is 0.00000261. The number of aliphatic imine (C=N–C) groups is 1. The summed E-state index contributed by atoms with van der Waals surface area (Å²) >= 11 is 1.63. The summed E-state index contributed by atoms with van der Waals surface area (Å²) in [5.74, 6) is 0.750. The molecule has 1 aliphatic heterocycles. The molecule has 1 aliphatic rings. The molecule has 0 saturated carbocycles. The van der Waals surface area contributed by atoms with Crippen LogP contribution in [0, 0.1) is 0 Å². The molecule has 3 rings (SSSR count). The average molecular weight is 501 g/mol. The van der Waals surface area contributed by atoms with Crippen molar-refractivity contribution < 1.29 is 9.84 Å². The molecule has 7 heteroatoms. The van der Waals surface area contributed by atoms with E-state index in [1.807, 2.05) is 19.1 Å². The molecule has 0 amide bonds. The van der Waals surface area contributed by atoms with Gasteiger partial charge in [-0.2, -0.15) is 0 Å². The van der Waals surface area contributed by atoms with Crippen molar-refractivity contribution in [2.24, 2.45) is 4.99 Å². The van der Waals surface area contributed by atoms with Crippen LogP contribution in [0.25, 0.3) is 10.1 Å². The summed E-state index contributed by atoms with van der Waals surface area (Å²) in [4.78, 5) is 5.51. The molecule has 0 aliphatic carbocycles. The smallest absolute Gasteiger partial charge is 0.191 e. The van der Waals surface area contributed by atoms with Gasteiger partial charge in [-0.3, -0.25) is 4.99 Å². The van der Waals surface area contributed by atoms with Gasteiger partial charge in [-0.05, 0) is 37.3 Å². The summed E-state index contributed by atoms with van der Waals surface area (Å²) in [5, 5.41) is 18.3. The molecule has 1 aromatic heterocycles. The maximum atomic E-state index is 10.5. The van der Waals surface area contributed by atoms with E-state index in [0.717, 1.165) is 50.0 Å². The second kappa shape index (κ2) is 11.6. The summed E-state index contributed by atoms with van der Waals surface area (Å²) in [7, 11) is 0. The number of nitrogens with zero attached hydrogens (tertiary/aromatic N) is 1. The highest BCUT2D eigenvalue weighted by Crippen LogP contribution is 2.29. The zero-order chi connectivity index (χ0) is 18.2. The van der Waals surface area contributed by atoms with Crippen LogP contribution >= 0.6 is 35.3 Å². The predicted molar refractivity (Wildman–Crippen MR) is 124 cm³/mol. The lowest BCUT2D eigenvalue weighted by molar-refractivity contribution is 0.153. The lowest BCUT2D eigenvalue weighted by atomic mass is 10.1. The van der Waals surface area contributed by atoms with Crippen molar-refractivity contribution in [1.29, 1.82) is 0 Å². The Hall–Kier alpha value is -1.16. The number of fused-ring (bicyclic) bond motifs is 1. The number of hydrogen-bond donors (Lipinski definition) is 3. The highest BCUT2D eigenvalue weighted by molar-refractivity contribution is 14.0. The standard InChI is InChI=1S/C20H27N3O2S.HI/c1-2-21-20(22-10-7-15-8-11-25-12-9-15)23-14-17(24)19-13-16-5-3-4-6-18(16)26-19;/h3-6,8,13,17,24H,2,7,9-12,14H2,1H3,(H2,21,22,23);1H. The van der Waals surface area contributed by atoms with Crippen molar-refractivity contribution in [3.8, 4) is 0 Å². The number of hydrogen-bond acceptors (Lipinski definition) is 4. The Morgan fingerprint density at radius 1 is 1.33 bits per heavy atom. The first-order valence-corrected chi connectivity index (χ1v) is 10.0. The molecule has 2 heterocycles. The third kappa shape index (κ3) is 6.74. The van der Waals surface area contributed by atoms with E-state index in [1.54, 1.807) is 11.3 Å². The van der Waals surface area contributed by atoms with Crippen molar-refractivity contribution >= 4 is 51.4 Å². The Labute approximate surface area is 181 Å². The summed E-state index contributed by atoms with van der Waals surface area (Å²) in [6.07, 6.45) is 3.59. The van der Waals surface area contributed by atoms with E-state index in [1.165, 1.54) is 15.7 Å². The third-order valence-electron chi connectivity index (χ3n) is 4.34. The van der Waals surface area contributed by atoms with E-state index in [4.69, 9.17) is 4.74 Å². The van der Waals surface area contributed by atoms with E-state index < -0.39 is 6.10 Å². The van der Waals surface area contributed by atoms with Crippen LogP contribution in [-0.4, -0.2) is 43.9 Å². The zero-order valence-electron chi connectivity index (χ0n) is 15.6. The minimum absolute atomic E-state index is 0. The van der Waals surface area contributed by atoms with Crippen LogP contribution < -0.4 is 10.6 Å². The van der Waals surface area contributed by atoms with Crippen molar-refractivity contribution in [2.45, 2.75) is 25.9 Å². The fourth-order valence-electron chi connectivity index (χ4n) is 2.91. The molecule has 0 radical (unpaired) electrons. The second-order valence-electron chi connectivity index (χ2n) is 6.29. The van der Waals surface area contributed by atoms with Gasteiger partial charge >= 0.3 is 0 Å². The Morgan fingerprint density at radius 3 is 2.93 bits per heavy atom. The Morgan fingerprint density at radius 2 is 2.19 bits per heavy atom. The summed E-state index contributed by atoms with van der Waals surface area (Å²) in [5.41, 5.74) is 1.44. The first-order valence-electron chi connectivity index (χ1n) is 9.20. The molecule has 1 aromatic carbocycles. The van der Waals surface area contributed by atoms with Crippen molar-refractivity contribution in [3.63, 3.8) is 0 Å². The van der Waals surface area contributed by atoms with Crippen LogP contribution in [0.4, 0.5) is 0 Å². The number of benzene rings is 1. The summed E-state index contributed by atoms with van der Waals surface area (Å²) in [6.45, 7) is 5.56. The van der Waals surface area contributed by atoms with Gasteiger partial charge in [0.05, 0.1) is 19.8 Å². The maximum absolute atomic E-state index is 10.5. The van der Waals surface area contributed by atoms with Gasteiger partial charge in [-0.25, -0.2) is 0 Å². The van der Waals surface area contributed by atoms with Crippen LogP contribution in [0.3, 0.4) is 0 Å². The zero-order valence-corrected chi connectivity index (χ0v) is 18.8. The molecular formula is C20H28IN3O2S. The van der Waals surface area contributed by atoms with Gasteiger partial charge in [0.1, 0.15) is 6.10 Å². The number of nitrogens with one attached hydrogen (secondary N) is 2. The van der Waals surface area contributed by atoms with Crippen molar-refractivity contribution in [3.05, 3.63) is 46.9 Å². The topological polar surface area (TPSA) is 65.9 Å². The quantitative estimate of drug-likeness (QED) is 0.234. The fourth-order valence-corrected chi connectivity index (χ4v) is 3.95. The number of halogens is 1. The van der Waals surface area contributed by atoms with Crippen LogP contribution in [0.15, 0.2) is 47.0 Å². The average Bonchev–Trinajstić information content (AvgIpc) is 3.11. The van der Waals surface area contributed by atoms with Crippen molar-refractivity contribution in [1.82, 2.24) is 10.6 Å².